The first-order valence-electron chi connectivity index (χ1n) is 10.9. The summed E-state index contributed by atoms with van der Waals surface area (Å²) in [6, 6.07) is 22.5. The molecule has 1 N–H and O–H groups in total. The summed E-state index contributed by atoms with van der Waals surface area (Å²) < 4.78 is 7.88. The summed E-state index contributed by atoms with van der Waals surface area (Å²) in [6.07, 6.45) is 1.74. The number of nitrogens with one attached hydrogen (secondary N) is 1. The molecule has 0 saturated carbocycles. The molecule has 3 aromatic carbocycles. The van der Waals surface area contributed by atoms with Crippen LogP contribution in [0.5, 0.6) is 11.6 Å². The number of aromatic nitrogens is 4. The van der Waals surface area contributed by atoms with Gasteiger partial charge in [-0.2, -0.15) is 4.98 Å². The SMILES string of the molecule is Cc1nc(Oc2ccc(NC(=O)c3cccc4ccccc34)cc2)cc(-n2cnc(C)c2C)n1. The van der Waals surface area contributed by atoms with Crippen LogP contribution in [0.15, 0.2) is 79.1 Å². The molecule has 34 heavy (non-hydrogen) atoms. The molecule has 168 valence electrons. The second kappa shape index (κ2) is 8.78. The highest BCUT2D eigenvalue weighted by molar-refractivity contribution is 6.12. The second-order valence-corrected chi connectivity index (χ2v) is 8.00. The lowest BCUT2D eigenvalue weighted by Crippen LogP contribution is -2.12. The molecular formula is C27H23N5O2. The Kier molecular flexibility index (Phi) is 5.51. The van der Waals surface area contributed by atoms with Crippen molar-refractivity contribution in [3.8, 4) is 17.4 Å². The van der Waals surface area contributed by atoms with Gasteiger partial charge in [-0.1, -0.05) is 36.4 Å². The van der Waals surface area contributed by atoms with Crippen molar-refractivity contribution in [1.29, 1.82) is 0 Å². The molecule has 1 amide bonds. The summed E-state index contributed by atoms with van der Waals surface area (Å²) in [4.78, 5) is 26.1. The van der Waals surface area contributed by atoms with Gasteiger partial charge in [-0.05, 0) is 61.9 Å². The number of nitrogens with zero attached hydrogens (tertiary/aromatic N) is 4. The first-order valence-corrected chi connectivity index (χ1v) is 10.9. The molecule has 0 atom stereocenters. The molecule has 7 heteroatoms. The van der Waals surface area contributed by atoms with Gasteiger partial charge in [0.2, 0.25) is 5.88 Å². The highest BCUT2D eigenvalue weighted by Gasteiger charge is 2.12. The van der Waals surface area contributed by atoms with Crippen molar-refractivity contribution >= 4 is 22.4 Å². The number of benzene rings is 3. The Balaban J connectivity index is 1.33. The van der Waals surface area contributed by atoms with E-state index in [-0.39, 0.29) is 5.91 Å². The molecule has 7 nitrogen and oxygen atoms in total. The number of carbonyl (C=O) groups excluding carboxylic acids is 1. The van der Waals surface area contributed by atoms with Crippen molar-refractivity contribution in [3.63, 3.8) is 0 Å². The summed E-state index contributed by atoms with van der Waals surface area (Å²) in [7, 11) is 0. The molecule has 0 unspecified atom stereocenters. The normalized spacial score (nSPS) is 10.9. The number of rotatable bonds is 5. The molecule has 5 rings (SSSR count). The first-order chi connectivity index (χ1) is 16.5. The van der Waals surface area contributed by atoms with Crippen molar-refractivity contribution in [2.75, 3.05) is 5.32 Å². The minimum atomic E-state index is -0.160. The Morgan fingerprint density at radius 1 is 0.912 bits per heavy atom. The van der Waals surface area contributed by atoms with Gasteiger partial charge in [-0.15, -0.1) is 0 Å². The van der Waals surface area contributed by atoms with Crippen molar-refractivity contribution < 1.29 is 9.53 Å². The number of ether oxygens (including phenoxy) is 1. The van der Waals surface area contributed by atoms with E-state index in [1.165, 1.54) is 0 Å². The van der Waals surface area contributed by atoms with E-state index < -0.39 is 0 Å². The van der Waals surface area contributed by atoms with Crippen LogP contribution < -0.4 is 10.1 Å². The average Bonchev–Trinajstić information content (AvgIpc) is 3.17. The van der Waals surface area contributed by atoms with Crippen LogP contribution in [0.1, 0.15) is 27.6 Å². The van der Waals surface area contributed by atoms with E-state index in [4.69, 9.17) is 4.74 Å². The lowest BCUT2D eigenvalue weighted by Gasteiger charge is -2.11. The van der Waals surface area contributed by atoms with Gasteiger partial charge in [0, 0.05) is 23.0 Å². The van der Waals surface area contributed by atoms with E-state index in [0.717, 1.165) is 22.2 Å². The van der Waals surface area contributed by atoms with Gasteiger partial charge in [0.15, 0.2) is 0 Å². The van der Waals surface area contributed by atoms with Crippen LogP contribution in [0.25, 0.3) is 16.6 Å². The third-order valence-electron chi connectivity index (χ3n) is 5.67. The molecule has 0 spiro atoms. The maximum atomic E-state index is 12.9. The lowest BCUT2D eigenvalue weighted by atomic mass is 10.0. The molecule has 0 bridgehead atoms. The highest BCUT2D eigenvalue weighted by Crippen LogP contribution is 2.25. The van der Waals surface area contributed by atoms with Gasteiger partial charge in [0.05, 0.1) is 5.69 Å². The third-order valence-corrected chi connectivity index (χ3v) is 5.67. The molecule has 2 heterocycles. The van der Waals surface area contributed by atoms with Crippen LogP contribution in [0.4, 0.5) is 5.69 Å². The lowest BCUT2D eigenvalue weighted by molar-refractivity contribution is 0.102. The number of carbonyl (C=O) groups is 1. The average molecular weight is 450 g/mol. The number of hydrogen-bond donors (Lipinski definition) is 1. The number of amides is 1. The second-order valence-electron chi connectivity index (χ2n) is 8.00. The Labute approximate surface area is 197 Å². The number of anilines is 1. The predicted molar refractivity (Wildman–Crippen MR) is 132 cm³/mol. The minimum Gasteiger partial charge on any atom is -0.439 e. The van der Waals surface area contributed by atoms with E-state index in [1.54, 1.807) is 36.7 Å². The van der Waals surface area contributed by atoms with Gasteiger partial charge >= 0.3 is 0 Å². The summed E-state index contributed by atoms with van der Waals surface area (Å²) >= 11 is 0. The van der Waals surface area contributed by atoms with Crippen LogP contribution in [0.3, 0.4) is 0 Å². The van der Waals surface area contributed by atoms with Crippen LogP contribution in [0, 0.1) is 20.8 Å². The zero-order valence-electron chi connectivity index (χ0n) is 19.1. The summed E-state index contributed by atoms with van der Waals surface area (Å²) in [5, 5.41) is 4.90. The number of hydrogen-bond acceptors (Lipinski definition) is 5. The van der Waals surface area contributed by atoms with Crippen molar-refractivity contribution in [3.05, 3.63) is 102 Å². The van der Waals surface area contributed by atoms with Gasteiger partial charge < -0.3 is 10.1 Å². The topological polar surface area (TPSA) is 81.9 Å². The molecule has 0 saturated heterocycles. The van der Waals surface area contributed by atoms with Gasteiger partial charge in [-0.3, -0.25) is 9.36 Å². The number of imidazole rings is 1. The molecule has 0 radical (unpaired) electrons. The molecule has 2 aromatic heterocycles. The van der Waals surface area contributed by atoms with Crippen LogP contribution >= 0.6 is 0 Å². The molecule has 0 fully saturated rings. The fourth-order valence-electron chi connectivity index (χ4n) is 3.78. The first kappa shape index (κ1) is 21.3. The van der Waals surface area contributed by atoms with Crippen molar-refractivity contribution in [1.82, 2.24) is 19.5 Å². The largest absolute Gasteiger partial charge is 0.439 e. The van der Waals surface area contributed by atoms with Crippen molar-refractivity contribution in [2.45, 2.75) is 20.8 Å². The Morgan fingerprint density at radius 2 is 1.68 bits per heavy atom. The molecule has 0 aliphatic heterocycles. The quantitative estimate of drug-likeness (QED) is 0.367. The summed E-state index contributed by atoms with van der Waals surface area (Å²) in [5.74, 6) is 2.16. The third kappa shape index (κ3) is 4.23. The van der Waals surface area contributed by atoms with E-state index in [9.17, 15) is 4.79 Å². The van der Waals surface area contributed by atoms with Gasteiger partial charge in [0.1, 0.15) is 23.7 Å². The van der Waals surface area contributed by atoms with Gasteiger partial charge in [0.25, 0.3) is 5.91 Å². The smallest absolute Gasteiger partial charge is 0.256 e. The monoisotopic (exact) mass is 449 g/mol. The zero-order chi connectivity index (χ0) is 23.7. The summed E-state index contributed by atoms with van der Waals surface area (Å²) in [5.41, 5.74) is 3.26. The molecule has 0 aliphatic rings. The summed E-state index contributed by atoms with van der Waals surface area (Å²) in [6.45, 7) is 5.77. The number of fused-ring (bicyclic) bond motifs is 1. The molecular weight excluding hydrogens is 426 g/mol. The molecule has 5 aromatic rings. The Hall–Kier alpha value is -4.52. The van der Waals surface area contributed by atoms with Crippen LogP contribution in [-0.2, 0) is 0 Å². The number of aryl methyl sites for hydroxylation is 2. The van der Waals surface area contributed by atoms with Gasteiger partial charge in [-0.25, -0.2) is 9.97 Å². The maximum Gasteiger partial charge on any atom is 0.256 e. The van der Waals surface area contributed by atoms with E-state index in [1.807, 2.05) is 67.8 Å². The van der Waals surface area contributed by atoms with Crippen molar-refractivity contribution in [2.24, 2.45) is 0 Å². The van der Waals surface area contributed by atoms with E-state index in [2.05, 4.69) is 20.3 Å². The Morgan fingerprint density at radius 3 is 2.44 bits per heavy atom. The van der Waals surface area contributed by atoms with Crippen LogP contribution in [-0.4, -0.2) is 25.4 Å². The Bertz CT molecular complexity index is 1500. The standard InChI is InChI=1S/C27H23N5O2/c1-17-18(2)32(16-28-17)25-15-26(30-19(3)29-25)34-22-13-11-21(12-14-22)31-27(33)24-10-6-8-20-7-4-5-9-23(20)24/h4-16H,1-3H3,(H,31,33). The zero-order valence-corrected chi connectivity index (χ0v) is 19.1. The minimum absolute atomic E-state index is 0.160. The highest BCUT2D eigenvalue weighted by atomic mass is 16.5. The maximum absolute atomic E-state index is 12.9. The van der Waals surface area contributed by atoms with E-state index >= 15 is 0 Å². The predicted octanol–water partition coefficient (Wildman–Crippen LogP) is 5.79. The van der Waals surface area contributed by atoms with E-state index in [0.29, 0.717) is 34.5 Å². The fraction of sp³-hybridized carbons (Fsp3) is 0.111. The van der Waals surface area contributed by atoms with Crippen LogP contribution in [0.2, 0.25) is 0 Å². The fourth-order valence-corrected chi connectivity index (χ4v) is 3.78. The molecule has 0 aliphatic carbocycles.